The van der Waals surface area contributed by atoms with E-state index in [-0.39, 0.29) is 24.3 Å². The van der Waals surface area contributed by atoms with Crippen LogP contribution in [0.5, 0.6) is 0 Å². The Bertz CT molecular complexity index is 675. The van der Waals surface area contributed by atoms with Gasteiger partial charge in [0.05, 0.1) is 12.5 Å². The fraction of sp³-hybridized carbons (Fsp3) is 0.889. The monoisotopic (exact) mass is 398 g/mol. The average molecular weight is 399 g/mol. The summed E-state index contributed by atoms with van der Waals surface area (Å²) in [4.78, 5) is 25.4. The molecule has 0 unspecified atom stereocenters. The third-order valence-electron chi connectivity index (χ3n) is 6.84. The summed E-state index contributed by atoms with van der Waals surface area (Å²) >= 11 is 0. The van der Waals surface area contributed by atoms with Crippen LogP contribution in [0.1, 0.15) is 44.9 Å². The van der Waals surface area contributed by atoms with Gasteiger partial charge >= 0.3 is 0 Å². The third kappa shape index (κ3) is 3.92. The number of nitrogens with one attached hydrogen (secondary N) is 1. The summed E-state index contributed by atoms with van der Waals surface area (Å²) in [5, 5.41) is 2.39. The second-order valence-corrected chi connectivity index (χ2v) is 10.3. The van der Waals surface area contributed by atoms with Gasteiger partial charge in [-0.05, 0) is 63.5 Å². The van der Waals surface area contributed by atoms with Crippen molar-refractivity contribution in [2.24, 2.45) is 11.8 Å². The highest BCUT2D eigenvalue weighted by atomic mass is 32.2. The predicted molar refractivity (Wildman–Crippen MR) is 99.9 cm³/mol. The molecule has 1 atom stereocenters. The van der Waals surface area contributed by atoms with Crippen LogP contribution in [0.4, 0.5) is 0 Å². The van der Waals surface area contributed by atoms with Crippen molar-refractivity contribution >= 4 is 22.0 Å². The lowest BCUT2D eigenvalue weighted by Crippen LogP contribution is -2.49. The largest absolute Gasteiger partial charge is 0.295 e. The maximum absolute atomic E-state index is 12.7. The Hall–Kier alpha value is -1.03. The van der Waals surface area contributed by atoms with Gasteiger partial charge in [-0.25, -0.2) is 0 Å². The van der Waals surface area contributed by atoms with Crippen LogP contribution in [-0.2, 0) is 19.8 Å². The molecule has 8 nitrogen and oxygen atoms in total. The van der Waals surface area contributed by atoms with Crippen LogP contribution >= 0.6 is 0 Å². The normalized spacial score (nSPS) is 30.9. The molecular formula is C18H30N4O4S. The number of rotatable bonds is 4. The first-order valence-electron chi connectivity index (χ1n) is 10.3. The lowest BCUT2D eigenvalue weighted by molar-refractivity contribution is -0.126. The highest BCUT2D eigenvalue weighted by Crippen LogP contribution is 2.34. The summed E-state index contributed by atoms with van der Waals surface area (Å²) in [5.41, 5.74) is 0. The molecule has 4 aliphatic rings. The molecule has 0 aromatic heterocycles. The number of likely N-dealkylation sites (tertiary alicyclic amines) is 1. The van der Waals surface area contributed by atoms with E-state index in [1.54, 1.807) is 8.61 Å². The molecule has 0 aromatic carbocycles. The summed E-state index contributed by atoms with van der Waals surface area (Å²) in [6.45, 7) is 4.28. The van der Waals surface area contributed by atoms with E-state index in [0.717, 1.165) is 51.6 Å². The molecule has 0 spiro atoms. The zero-order chi connectivity index (χ0) is 19.0. The highest BCUT2D eigenvalue weighted by Gasteiger charge is 2.40. The van der Waals surface area contributed by atoms with E-state index in [1.165, 1.54) is 0 Å². The van der Waals surface area contributed by atoms with Gasteiger partial charge in [-0.2, -0.15) is 17.0 Å². The minimum Gasteiger partial charge on any atom is -0.295 e. The molecule has 4 fully saturated rings. The molecule has 4 rings (SSSR count). The topological polar surface area (TPSA) is 90.0 Å². The first kappa shape index (κ1) is 19.3. The molecule has 4 heterocycles. The quantitative estimate of drug-likeness (QED) is 0.682. The molecule has 0 saturated carbocycles. The van der Waals surface area contributed by atoms with Crippen molar-refractivity contribution in [3.8, 4) is 0 Å². The van der Waals surface area contributed by atoms with Crippen LogP contribution in [0.3, 0.4) is 0 Å². The Morgan fingerprint density at radius 2 is 1.30 bits per heavy atom. The van der Waals surface area contributed by atoms with E-state index in [9.17, 15) is 18.0 Å². The van der Waals surface area contributed by atoms with E-state index >= 15 is 0 Å². The molecule has 9 heteroatoms. The fourth-order valence-electron chi connectivity index (χ4n) is 5.20. The molecule has 0 aliphatic carbocycles. The Kier molecular flexibility index (Phi) is 5.55. The van der Waals surface area contributed by atoms with Crippen LogP contribution in [0.15, 0.2) is 0 Å². The molecular weight excluding hydrogens is 368 g/mol. The highest BCUT2D eigenvalue weighted by molar-refractivity contribution is 7.86. The van der Waals surface area contributed by atoms with Crippen LogP contribution in [-0.4, -0.2) is 79.1 Å². The molecule has 152 valence electrons. The smallest absolute Gasteiger partial charge is 0.281 e. The lowest BCUT2D eigenvalue weighted by atomic mass is 9.79. The molecule has 2 amide bonds. The minimum absolute atomic E-state index is 0.154. The number of carbonyl (C=O) groups is 2. The van der Waals surface area contributed by atoms with Gasteiger partial charge < -0.3 is 0 Å². The summed E-state index contributed by atoms with van der Waals surface area (Å²) in [7, 11) is -3.27. The molecule has 4 saturated heterocycles. The minimum atomic E-state index is -3.27. The molecule has 27 heavy (non-hydrogen) atoms. The van der Waals surface area contributed by atoms with E-state index < -0.39 is 10.2 Å². The van der Waals surface area contributed by atoms with Gasteiger partial charge in [-0.3, -0.25) is 19.8 Å². The second kappa shape index (κ2) is 7.77. The van der Waals surface area contributed by atoms with Crippen molar-refractivity contribution in [2.75, 3.05) is 39.3 Å². The van der Waals surface area contributed by atoms with E-state index in [4.69, 9.17) is 0 Å². The molecule has 0 radical (unpaired) electrons. The molecule has 0 bridgehead atoms. The van der Waals surface area contributed by atoms with Gasteiger partial charge in [-0.15, -0.1) is 0 Å². The lowest BCUT2D eigenvalue weighted by Gasteiger charge is -2.41. The first-order valence-corrected chi connectivity index (χ1v) is 11.7. The number of hydrogen-bond acceptors (Lipinski definition) is 5. The number of amides is 2. The van der Waals surface area contributed by atoms with Crippen LogP contribution in [0.2, 0.25) is 0 Å². The van der Waals surface area contributed by atoms with Gasteiger partial charge in [0.1, 0.15) is 0 Å². The Labute approximate surface area is 161 Å². The second-order valence-electron chi connectivity index (χ2n) is 8.36. The van der Waals surface area contributed by atoms with Crippen LogP contribution in [0, 0.1) is 11.8 Å². The molecule has 1 N–H and O–H groups in total. The maximum Gasteiger partial charge on any atom is 0.281 e. The summed E-state index contributed by atoms with van der Waals surface area (Å²) in [5.74, 6) is 0.840. The first-order chi connectivity index (χ1) is 12.9. The van der Waals surface area contributed by atoms with Crippen molar-refractivity contribution in [3.63, 3.8) is 0 Å². The summed E-state index contributed by atoms with van der Waals surface area (Å²) in [6.07, 6.45) is 6.15. The van der Waals surface area contributed by atoms with Gasteiger partial charge in [0.2, 0.25) is 11.8 Å². The van der Waals surface area contributed by atoms with Crippen molar-refractivity contribution in [1.82, 2.24) is 18.8 Å². The molecule has 0 aromatic rings. The summed E-state index contributed by atoms with van der Waals surface area (Å²) in [6, 6.07) is -0.286. The van der Waals surface area contributed by atoms with Gasteiger partial charge in [0.15, 0.2) is 0 Å². The number of carbonyl (C=O) groups excluding carboxylic acids is 2. The van der Waals surface area contributed by atoms with Crippen LogP contribution in [0.25, 0.3) is 0 Å². The number of piperidine rings is 2. The van der Waals surface area contributed by atoms with Gasteiger partial charge in [0, 0.05) is 26.2 Å². The standard InChI is InChI=1S/C18H30N4O4S/c23-17-13-16(18(24)19-17)20-9-3-14(4-10-20)15-5-11-22(12-6-15)27(25,26)21-7-1-2-8-21/h14-16H,1-13H2,(H,19,23,24)/t16-/m1/s1. The third-order valence-corrected chi connectivity index (χ3v) is 8.88. The summed E-state index contributed by atoms with van der Waals surface area (Å²) < 4.78 is 28.7. The van der Waals surface area contributed by atoms with Crippen molar-refractivity contribution in [2.45, 2.75) is 51.0 Å². The number of hydrogen-bond donors (Lipinski definition) is 1. The Morgan fingerprint density at radius 1 is 0.778 bits per heavy atom. The Morgan fingerprint density at radius 3 is 1.81 bits per heavy atom. The zero-order valence-electron chi connectivity index (χ0n) is 15.8. The Balaban J connectivity index is 1.26. The number of imide groups is 1. The van der Waals surface area contributed by atoms with E-state index in [0.29, 0.717) is 38.0 Å². The average Bonchev–Trinajstić information content (AvgIpc) is 3.32. The van der Waals surface area contributed by atoms with Crippen molar-refractivity contribution in [1.29, 1.82) is 0 Å². The fourth-order valence-corrected chi connectivity index (χ4v) is 6.92. The molecule has 4 aliphatic heterocycles. The number of nitrogens with zero attached hydrogens (tertiary/aromatic N) is 3. The van der Waals surface area contributed by atoms with Crippen LogP contribution < -0.4 is 5.32 Å². The van der Waals surface area contributed by atoms with Gasteiger partial charge in [0.25, 0.3) is 10.2 Å². The SMILES string of the molecule is O=C1C[C@@H](N2CCC(C3CCN(S(=O)(=O)N4CCCC4)CC3)CC2)C(=O)N1. The van der Waals surface area contributed by atoms with E-state index in [1.807, 2.05) is 0 Å². The zero-order valence-corrected chi connectivity index (χ0v) is 16.6. The van der Waals surface area contributed by atoms with Crippen molar-refractivity contribution in [3.05, 3.63) is 0 Å². The predicted octanol–water partition coefficient (Wildman–Crippen LogP) is 0.166. The van der Waals surface area contributed by atoms with Gasteiger partial charge in [-0.1, -0.05) is 0 Å². The van der Waals surface area contributed by atoms with E-state index in [2.05, 4.69) is 10.2 Å². The maximum atomic E-state index is 12.7. The van der Waals surface area contributed by atoms with Crippen molar-refractivity contribution < 1.29 is 18.0 Å².